The molecule has 9 heteroatoms. The Bertz CT molecular complexity index is 1150. The molecule has 0 saturated heterocycles. The lowest BCUT2D eigenvalue weighted by atomic mass is 10.1. The maximum Gasteiger partial charge on any atom is 0.321 e. The van der Waals surface area contributed by atoms with Gasteiger partial charge in [-0.2, -0.15) is 5.10 Å². The fourth-order valence-electron chi connectivity index (χ4n) is 3.07. The number of carbonyl (C=O) groups is 1. The van der Waals surface area contributed by atoms with Crippen molar-refractivity contribution in [3.8, 4) is 11.3 Å². The lowest BCUT2D eigenvalue weighted by Gasteiger charge is -2.17. The molecule has 3 N–H and O–H groups in total. The second kappa shape index (κ2) is 8.66. The molecule has 1 atom stereocenters. The van der Waals surface area contributed by atoms with Gasteiger partial charge in [0, 0.05) is 36.5 Å². The number of nitrogens with one attached hydrogen (secondary N) is 3. The number of benzene rings is 1. The first kappa shape index (κ1) is 19.5. The van der Waals surface area contributed by atoms with E-state index in [1.165, 1.54) is 12.1 Å². The van der Waals surface area contributed by atoms with E-state index in [1.807, 2.05) is 12.1 Å². The van der Waals surface area contributed by atoms with E-state index in [0.717, 1.165) is 10.9 Å². The Morgan fingerprint density at radius 3 is 2.77 bits per heavy atom. The van der Waals surface area contributed by atoms with Crippen LogP contribution < -0.4 is 10.6 Å². The molecule has 8 nitrogen and oxygen atoms in total. The second-order valence-corrected chi connectivity index (χ2v) is 6.56. The van der Waals surface area contributed by atoms with E-state index in [9.17, 15) is 9.18 Å². The van der Waals surface area contributed by atoms with E-state index in [4.69, 9.17) is 4.74 Å². The Kier molecular flexibility index (Phi) is 5.62. The summed E-state index contributed by atoms with van der Waals surface area (Å²) in [4.78, 5) is 21.0. The Morgan fingerprint density at radius 1 is 1.20 bits per heavy atom. The van der Waals surface area contributed by atoms with Gasteiger partial charge in [-0.05, 0) is 36.4 Å². The lowest BCUT2D eigenvalue weighted by Crippen LogP contribution is -2.35. The van der Waals surface area contributed by atoms with Gasteiger partial charge in [-0.25, -0.2) is 14.2 Å². The molecular weight excluding hydrogens is 387 g/mol. The number of anilines is 1. The molecule has 4 rings (SSSR count). The van der Waals surface area contributed by atoms with Crippen molar-refractivity contribution in [1.29, 1.82) is 0 Å². The molecule has 0 aliphatic rings. The number of amides is 2. The highest BCUT2D eigenvalue weighted by molar-refractivity contribution is 5.95. The van der Waals surface area contributed by atoms with Crippen molar-refractivity contribution in [3.05, 3.63) is 72.4 Å². The number of urea groups is 1. The number of fused-ring (bicyclic) bond motifs is 1. The van der Waals surface area contributed by atoms with E-state index in [1.54, 1.807) is 43.8 Å². The lowest BCUT2D eigenvalue weighted by molar-refractivity contribution is 0.166. The predicted octanol–water partition coefficient (Wildman–Crippen LogP) is 3.67. The minimum Gasteiger partial charge on any atom is -0.382 e. The summed E-state index contributed by atoms with van der Waals surface area (Å²) < 4.78 is 18.3. The molecule has 0 saturated carbocycles. The number of nitrogens with zero attached hydrogens (tertiary/aromatic N) is 3. The van der Waals surface area contributed by atoms with Gasteiger partial charge in [0.05, 0.1) is 23.9 Å². The molecular formula is C21H19FN6O2. The highest BCUT2D eigenvalue weighted by Gasteiger charge is 2.16. The van der Waals surface area contributed by atoms with Crippen LogP contribution in [0.1, 0.15) is 11.7 Å². The third-order valence-electron chi connectivity index (χ3n) is 4.49. The van der Waals surface area contributed by atoms with E-state index < -0.39 is 12.1 Å². The molecule has 3 aromatic heterocycles. The molecule has 0 fully saturated rings. The van der Waals surface area contributed by atoms with Crippen LogP contribution in [0.5, 0.6) is 0 Å². The van der Waals surface area contributed by atoms with Crippen LogP contribution in [0, 0.1) is 5.82 Å². The molecule has 0 unspecified atom stereocenters. The van der Waals surface area contributed by atoms with Crippen LogP contribution in [-0.4, -0.2) is 39.9 Å². The molecule has 0 bridgehead atoms. The van der Waals surface area contributed by atoms with Gasteiger partial charge in [0.2, 0.25) is 0 Å². The number of hydrogen-bond donors (Lipinski definition) is 3. The van der Waals surface area contributed by atoms with Crippen molar-refractivity contribution in [3.63, 3.8) is 0 Å². The first-order valence-electron chi connectivity index (χ1n) is 9.21. The summed E-state index contributed by atoms with van der Waals surface area (Å²) in [5.74, 6) is 0.0400. The normalized spacial score (nSPS) is 11.9. The number of carbonyl (C=O) groups excluding carboxylic acids is 1. The molecule has 2 amide bonds. The molecule has 30 heavy (non-hydrogen) atoms. The molecule has 152 valence electrons. The summed E-state index contributed by atoms with van der Waals surface area (Å²) >= 11 is 0. The van der Waals surface area contributed by atoms with Crippen LogP contribution in [0.2, 0.25) is 0 Å². The summed E-state index contributed by atoms with van der Waals surface area (Å²) in [7, 11) is 1.56. The summed E-state index contributed by atoms with van der Waals surface area (Å²) in [5.41, 5.74) is 2.80. The topological polar surface area (TPSA) is 105 Å². The van der Waals surface area contributed by atoms with Gasteiger partial charge in [-0.15, -0.1) is 0 Å². The SMILES string of the molecule is COC[C@H](NC(=O)Nc1cc2[nH]nc(-c3ccc(F)cc3)c2cn1)c1ccccn1. The van der Waals surface area contributed by atoms with Crippen molar-refractivity contribution in [2.24, 2.45) is 0 Å². The predicted molar refractivity (Wildman–Crippen MR) is 110 cm³/mol. The summed E-state index contributed by atoms with van der Waals surface area (Å²) in [6, 6.07) is 12.4. The number of pyridine rings is 2. The second-order valence-electron chi connectivity index (χ2n) is 6.56. The molecule has 4 aromatic rings. The standard InChI is InChI=1S/C21H19FN6O2/c1-30-12-18(16-4-2-3-9-23-16)25-21(29)26-19-10-17-15(11-24-19)20(28-27-17)13-5-7-14(22)8-6-13/h2-11,18H,12H2,1H3,(H,27,28)(H2,24,25,26,29)/t18-/m0/s1. The third kappa shape index (κ3) is 4.26. The smallest absolute Gasteiger partial charge is 0.321 e. The Hall–Kier alpha value is -3.85. The fraction of sp³-hybridized carbons (Fsp3) is 0.143. The van der Waals surface area contributed by atoms with Gasteiger partial charge in [-0.1, -0.05) is 6.07 Å². The first-order chi connectivity index (χ1) is 14.6. The van der Waals surface area contributed by atoms with Crippen LogP contribution in [0.4, 0.5) is 15.0 Å². The van der Waals surface area contributed by atoms with E-state index in [0.29, 0.717) is 22.7 Å². The zero-order valence-electron chi connectivity index (χ0n) is 16.1. The number of methoxy groups -OCH3 is 1. The van der Waals surface area contributed by atoms with E-state index in [2.05, 4.69) is 30.8 Å². The minimum absolute atomic E-state index is 0.276. The van der Waals surface area contributed by atoms with Crippen molar-refractivity contribution in [2.75, 3.05) is 19.0 Å². The number of halogens is 1. The minimum atomic E-state index is -0.437. The Morgan fingerprint density at radius 2 is 2.03 bits per heavy atom. The summed E-state index contributed by atoms with van der Waals surface area (Å²) in [5, 5.41) is 13.5. The molecule has 0 spiro atoms. The number of aromatic nitrogens is 4. The van der Waals surface area contributed by atoms with Gasteiger partial charge < -0.3 is 10.1 Å². The maximum atomic E-state index is 13.2. The zero-order chi connectivity index (χ0) is 20.9. The number of H-pyrrole nitrogens is 1. The van der Waals surface area contributed by atoms with Crippen molar-refractivity contribution >= 4 is 22.8 Å². The third-order valence-corrected chi connectivity index (χ3v) is 4.49. The van der Waals surface area contributed by atoms with Gasteiger partial charge in [0.15, 0.2) is 0 Å². The largest absolute Gasteiger partial charge is 0.382 e. The van der Waals surface area contributed by atoms with Crippen molar-refractivity contribution in [2.45, 2.75) is 6.04 Å². The number of ether oxygens (including phenoxy) is 1. The average Bonchev–Trinajstić information content (AvgIpc) is 3.18. The molecule has 0 radical (unpaired) electrons. The highest BCUT2D eigenvalue weighted by Crippen LogP contribution is 2.27. The Balaban J connectivity index is 1.49. The number of rotatable bonds is 6. The average molecular weight is 406 g/mol. The molecule has 0 aliphatic carbocycles. The van der Waals surface area contributed by atoms with Gasteiger partial charge in [0.1, 0.15) is 17.3 Å². The summed E-state index contributed by atoms with van der Waals surface area (Å²) in [6.45, 7) is 0.276. The van der Waals surface area contributed by atoms with Crippen LogP contribution in [-0.2, 0) is 4.74 Å². The first-order valence-corrected chi connectivity index (χ1v) is 9.21. The Labute approximate surface area is 171 Å². The molecule has 3 heterocycles. The van der Waals surface area contributed by atoms with E-state index in [-0.39, 0.29) is 12.4 Å². The summed E-state index contributed by atoms with van der Waals surface area (Å²) in [6.07, 6.45) is 3.27. The van der Waals surface area contributed by atoms with Gasteiger partial charge in [0.25, 0.3) is 0 Å². The fourth-order valence-corrected chi connectivity index (χ4v) is 3.07. The van der Waals surface area contributed by atoms with Crippen LogP contribution >= 0.6 is 0 Å². The van der Waals surface area contributed by atoms with E-state index >= 15 is 0 Å². The van der Waals surface area contributed by atoms with Crippen LogP contribution in [0.25, 0.3) is 22.2 Å². The van der Waals surface area contributed by atoms with Crippen molar-refractivity contribution in [1.82, 2.24) is 25.5 Å². The number of hydrogen-bond acceptors (Lipinski definition) is 5. The highest BCUT2D eigenvalue weighted by atomic mass is 19.1. The quantitative estimate of drug-likeness (QED) is 0.453. The van der Waals surface area contributed by atoms with Crippen molar-refractivity contribution < 1.29 is 13.9 Å². The maximum absolute atomic E-state index is 13.2. The van der Waals surface area contributed by atoms with Crippen LogP contribution in [0.15, 0.2) is 60.9 Å². The van der Waals surface area contributed by atoms with Gasteiger partial charge in [-0.3, -0.25) is 15.4 Å². The van der Waals surface area contributed by atoms with Crippen LogP contribution in [0.3, 0.4) is 0 Å². The monoisotopic (exact) mass is 406 g/mol. The zero-order valence-corrected chi connectivity index (χ0v) is 16.1. The van der Waals surface area contributed by atoms with Gasteiger partial charge >= 0.3 is 6.03 Å². The molecule has 0 aliphatic heterocycles. The molecule has 1 aromatic carbocycles. The number of aromatic amines is 1.